The van der Waals surface area contributed by atoms with Gasteiger partial charge in [-0.3, -0.25) is 0 Å². The predicted molar refractivity (Wildman–Crippen MR) is 61.9 cm³/mol. The number of aryl methyl sites for hydroxylation is 1. The third-order valence-electron chi connectivity index (χ3n) is 2.93. The molecule has 0 N–H and O–H groups in total. The molecule has 1 aliphatic carbocycles. The number of hydrogen-bond acceptors (Lipinski definition) is 2. The van der Waals surface area contributed by atoms with E-state index in [1.807, 2.05) is 12.1 Å². The summed E-state index contributed by atoms with van der Waals surface area (Å²) in [5, 5.41) is 11.2. The minimum absolute atomic E-state index is 0.839. The van der Waals surface area contributed by atoms with Crippen LogP contribution in [0.4, 0.5) is 0 Å². The summed E-state index contributed by atoms with van der Waals surface area (Å²) in [6, 6.07) is 10.5. The van der Waals surface area contributed by atoms with Crippen molar-refractivity contribution in [2.24, 2.45) is 0 Å². The first kappa shape index (κ1) is 8.70. The molecule has 1 heterocycles. The lowest BCUT2D eigenvalue weighted by Gasteiger charge is -2.16. The Kier molecular flexibility index (Phi) is 1.87. The molecule has 0 spiro atoms. The van der Waals surface area contributed by atoms with E-state index in [4.69, 9.17) is 5.26 Å². The number of thiophene rings is 1. The second-order valence-corrected chi connectivity index (χ2v) is 4.63. The van der Waals surface area contributed by atoms with Gasteiger partial charge in [0.25, 0.3) is 0 Å². The molecule has 2 heteroatoms. The third kappa shape index (κ3) is 1.20. The monoisotopic (exact) mass is 211 g/mol. The average Bonchev–Trinajstić information content (AvgIpc) is 2.76. The van der Waals surface area contributed by atoms with Crippen molar-refractivity contribution in [3.8, 4) is 16.5 Å². The highest BCUT2D eigenvalue weighted by Gasteiger charge is 2.18. The van der Waals surface area contributed by atoms with Crippen molar-refractivity contribution in [1.29, 1.82) is 5.26 Å². The molecule has 72 valence electrons. The number of fused-ring (bicyclic) bond motifs is 3. The van der Waals surface area contributed by atoms with Crippen molar-refractivity contribution in [3.05, 3.63) is 46.3 Å². The second kappa shape index (κ2) is 3.22. The highest BCUT2D eigenvalue weighted by Crippen LogP contribution is 2.38. The molecule has 0 saturated carbocycles. The van der Waals surface area contributed by atoms with Crippen LogP contribution in [0.5, 0.6) is 0 Å². The number of rotatable bonds is 0. The third-order valence-corrected chi connectivity index (χ3v) is 3.92. The highest BCUT2D eigenvalue weighted by molar-refractivity contribution is 7.13. The summed E-state index contributed by atoms with van der Waals surface area (Å²) in [6.07, 6.45) is 2.08. The summed E-state index contributed by atoms with van der Waals surface area (Å²) in [7, 11) is 0. The van der Waals surface area contributed by atoms with E-state index in [0.29, 0.717) is 0 Å². The van der Waals surface area contributed by atoms with Crippen LogP contribution in [0.1, 0.15) is 16.7 Å². The van der Waals surface area contributed by atoms with E-state index in [2.05, 4.69) is 23.6 Å². The standard InChI is InChI=1S/C13H9NS/c14-8-10-2-1-3-12-11(10)5-4-9-6-7-15-13(9)12/h1-3,6-7H,4-5H2. The van der Waals surface area contributed by atoms with E-state index in [-0.39, 0.29) is 0 Å². The quantitative estimate of drug-likeness (QED) is 0.655. The molecule has 3 rings (SSSR count). The summed E-state index contributed by atoms with van der Waals surface area (Å²) >= 11 is 1.78. The molecule has 0 aliphatic heterocycles. The number of nitrogens with zero attached hydrogens (tertiary/aromatic N) is 1. The number of nitriles is 1. The van der Waals surface area contributed by atoms with Gasteiger partial charge in [0, 0.05) is 4.88 Å². The van der Waals surface area contributed by atoms with Gasteiger partial charge in [0.15, 0.2) is 0 Å². The lowest BCUT2D eigenvalue weighted by atomic mass is 9.89. The first-order valence-corrected chi connectivity index (χ1v) is 5.87. The van der Waals surface area contributed by atoms with Gasteiger partial charge in [0.1, 0.15) is 0 Å². The zero-order valence-corrected chi connectivity index (χ0v) is 8.97. The molecule has 1 aromatic heterocycles. The smallest absolute Gasteiger partial charge is 0.0994 e. The van der Waals surface area contributed by atoms with Crippen LogP contribution >= 0.6 is 11.3 Å². The Morgan fingerprint density at radius 2 is 2.13 bits per heavy atom. The second-order valence-electron chi connectivity index (χ2n) is 3.72. The summed E-state index contributed by atoms with van der Waals surface area (Å²) < 4.78 is 0. The summed E-state index contributed by atoms with van der Waals surface area (Å²) in [5.41, 5.74) is 4.77. The van der Waals surface area contributed by atoms with E-state index in [0.717, 1.165) is 18.4 Å². The molecule has 1 aromatic carbocycles. The minimum Gasteiger partial charge on any atom is -0.192 e. The van der Waals surface area contributed by atoms with Gasteiger partial charge in [-0.15, -0.1) is 11.3 Å². The van der Waals surface area contributed by atoms with Crippen molar-refractivity contribution < 1.29 is 0 Å². The van der Waals surface area contributed by atoms with Crippen molar-refractivity contribution in [3.63, 3.8) is 0 Å². The molecule has 2 aromatic rings. The fraction of sp³-hybridized carbons (Fsp3) is 0.154. The molecule has 0 radical (unpaired) electrons. The summed E-state index contributed by atoms with van der Waals surface area (Å²) in [5.74, 6) is 0. The molecule has 0 fully saturated rings. The normalized spacial score (nSPS) is 12.7. The van der Waals surface area contributed by atoms with Gasteiger partial charge in [-0.25, -0.2) is 0 Å². The Balaban J connectivity index is 2.31. The fourth-order valence-electron chi connectivity index (χ4n) is 2.20. The number of hydrogen-bond donors (Lipinski definition) is 0. The largest absolute Gasteiger partial charge is 0.192 e. The molecular formula is C13H9NS. The SMILES string of the molecule is N#Cc1cccc2c1CCc1ccsc1-2. The maximum Gasteiger partial charge on any atom is 0.0994 e. The van der Waals surface area contributed by atoms with E-state index in [1.165, 1.54) is 21.6 Å². The van der Waals surface area contributed by atoms with Crippen LogP contribution < -0.4 is 0 Å². The van der Waals surface area contributed by atoms with E-state index in [9.17, 15) is 0 Å². The van der Waals surface area contributed by atoms with Crippen molar-refractivity contribution in [1.82, 2.24) is 0 Å². The van der Waals surface area contributed by atoms with E-state index in [1.54, 1.807) is 11.3 Å². The molecule has 15 heavy (non-hydrogen) atoms. The topological polar surface area (TPSA) is 23.8 Å². The highest BCUT2D eigenvalue weighted by atomic mass is 32.1. The molecule has 1 aliphatic rings. The molecule has 0 saturated heterocycles. The lowest BCUT2D eigenvalue weighted by Crippen LogP contribution is -2.03. The first-order chi connectivity index (χ1) is 7.40. The molecular weight excluding hydrogens is 202 g/mol. The Morgan fingerprint density at radius 3 is 3.00 bits per heavy atom. The van der Waals surface area contributed by atoms with Crippen LogP contribution in [0.3, 0.4) is 0 Å². The molecule has 0 amide bonds. The minimum atomic E-state index is 0.839. The maximum atomic E-state index is 9.05. The summed E-state index contributed by atoms with van der Waals surface area (Å²) in [6.45, 7) is 0. The Labute approximate surface area is 92.6 Å². The average molecular weight is 211 g/mol. The van der Waals surface area contributed by atoms with Gasteiger partial charge in [0.2, 0.25) is 0 Å². The zero-order valence-electron chi connectivity index (χ0n) is 8.16. The van der Waals surface area contributed by atoms with Crippen LogP contribution in [-0.4, -0.2) is 0 Å². The van der Waals surface area contributed by atoms with Gasteiger partial charge in [0.05, 0.1) is 11.6 Å². The maximum absolute atomic E-state index is 9.05. The molecule has 1 nitrogen and oxygen atoms in total. The number of benzene rings is 1. The fourth-order valence-corrected chi connectivity index (χ4v) is 3.21. The Bertz CT molecular complexity index is 560. The van der Waals surface area contributed by atoms with Gasteiger partial charge in [-0.05, 0) is 47.0 Å². The molecule has 0 bridgehead atoms. The molecule has 0 atom stereocenters. The predicted octanol–water partition coefficient (Wildman–Crippen LogP) is 3.39. The van der Waals surface area contributed by atoms with Gasteiger partial charge < -0.3 is 0 Å². The van der Waals surface area contributed by atoms with Gasteiger partial charge in [-0.2, -0.15) is 5.26 Å². The van der Waals surface area contributed by atoms with Crippen LogP contribution in [0.25, 0.3) is 10.4 Å². The van der Waals surface area contributed by atoms with E-state index >= 15 is 0 Å². The molecule has 0 unspecified atom stereocenters. The first-order valence-electron chi connectivity index (χ1n) is 4.99. The van der Waals surface area contributed by atoms with Crippen molar-refractivity contribution in [2.45, 2.75) is 12.8 Å². The van der Waals surface area contributed by atoms with Crippen LogP contribution in [0.15, 0.2) is 29.6 Å². The van der Waals surface area contributed by atoms with Crippen LogP contribution in [-0.2, 0) is 12.8 Å². The van der Waals surface area contributed by atoms with Crippen molar-refractivity contribution >= 4 is 11.3 Å². The van der Waals surface area contributed by atoms with Crippen LogP contribution in [0.2, 0.25) is 0 Å². The Morgan fingerprint density at radius 1 is 1.20 bits per heavy atom. The zero-order chi connectivity index (χ0) is 10.3. The summed E-state index contributed by atoms with van der Waals surface area (Å²) in [4.78, 5) is 1.35. The van der Waals surface area contributed by atoms with Gasteiger partial charge >= 0.3 is 0 Å². The van der Waals surface area contributed by atoms with Gasteiger partial charge in [-0.1, -0.05) is 12.1 Å². The lowest BCUT2D eigenvalue weighted by molar-refractivity contribution is 0.945. The van der Waals surface area contributed by atoms with E-state index < -0.39 is 0 Å². The Hall–Kier alpha value is -1.59. The van der Waals surface area contributed by atoms with Crippen LogP contribution in [0, 0.1) is 11.3 Å². The van der Waals surface area contributed by atoms with Crippen molar-refractivity contribution in [2.75, 3.05) is 0 Å².